The van der Waals surface area contributed by atoms with E-state index >= 15 is 0 Å². The number of fused-ring (bicyclic) bond motifs is 4. The van der Waals surface area contributed by atoms with Crippen LogP contribution in [0, 0.1) is 60.2 Å². The number of hydrogen-bond acceptors (Lipinski definition) is 22. The summed E-state index contributed by atoms with van der Waals surface area (Å²) in [6, 6.07) is 27.8. The molecule has 16 atom stereocenters. The number of carbonyl (C=O) groups is 2. The number of benzene rings is 4. The SMILES string of the molecule is CC1CC(c2cnc3c(C#N)nn(C(C)c4ccc(Cl)cc4Cl)c3n2)=CCC1N1CCCC1C(N)=O.CC1CC(c2cnc3c(C#N)nn(C(C)c4ccc(Cl)cc4Cl)c3n2)=CCC1N1CCCC1CO.Cc1nn(C(C)c2ccc(Cl)cc2Cl)c2nc(C3=CCC(N4CCCC4CCC(N)=O)C(C)C3)cnc12.Cc1nn(C(C)c2ccc(Cl)cc2Cl)c2nc(C3=CCC(N4CCCC4CO)C(C)C3)cnc12. The van der Waals surface area contributed by atoms with E-state index in [1.54, 1.807) is 58.2 Å². The topological polar surface area (TPSA) is 362 Å². The summed E-state index contributed by atoms with van der Waals surface area (Å²) in [5, 5.41) is 62.0. The summed E-state index contributed by atoms with van der Waals surface area (Å²) in [4.78, 5) is 71.9. The van der Waals surface area contributed by atoms with Crippen LogP contribution in [0.25, 0.3) is 66.9 Å². The quantitative estimate of drug-likeness (QED) is 0.0489. The summed E-state index contributed by atoms with van der Waals surface area (Å²) in [5.41, 5.74) is 30.1. The monoisotopic (exact) mass is 2070 g/mol. The summed E-state index contributed by atoms with van der Waals surface area (Å²) < 4.78 is 7.27. The molecule has 12 aromatic rings. The molecule has 8 aromatic heterocycles. The second kappa shape index (κ2) is 44.9. The maximum atomic E-state index is 11.9. The molecule has 16 unspecified atom stereocenters. The van der Waals surface area contributed by atoms with Gasteiger partial charge in [0.2, 0.25) is 11.8 Å². The second-order valence-corrected chi connectivity index (χ2v) is 42.9. The van der Waals surface area contributed by atoms with Crippen molar-refractivity contribution >= 4 is 172 Å². The van der Waals surface area contributed by atoms with Crippen LogP contribution in [0.4, 0.5) is 0 Å². The van der Waals surface area contributed by atoms with Gasteiger partial charge in [-0.05, 0) is 294 Å². The van der Waals surface area contributed by atoms with Gasteiger partial charge in [-0.15, -0.1) is 0 Å². The highest BCUT2D eigenvalue weighted by Gasteiger charge is 2.42. The molecule has 8 aliphatic rings. The first-order valence-electron chi connectivity index (χ1n) is 49.4. The van der Waals surface area contributed by atoms with E-state index in [0.717, 1.165) is 212 Å². The van der Waals surface area contributed by atoms with Crippen LogP contribution in [0.2, 0.25) is 40.2 Å². The van der Waals surface area contributed by atoms with Crippen molar-refractivity contribution in [2.45, 2.75) is 257 Å². The third-order valence-corrected chi connectivity index (χ3v) is 32.8. The van der Waals surface area contributed by atoms with Gasteiger partial charge < -0.3 is 21.7 Å². The van der Waals surface area contributed by atoms with Gasteiger partial charge in [0.1, 0.15) is 34.2 Å². The second-order valence-electron chi connectivity index (χ2n) is 39.6. The van der Waals surface area contributed by atoms with E-state index in [1.807, 2.05) is 85.9 Å². The van der Waals surface area contributed by atoms with Gasteiger partial charge in [-0.3, -0.25) is 29.2 Å². The standard InChI is InChI=1S/C28H34Cl2N6O.C26H27Cl2N7O.C26H28Cl2N6O.C26H31Cl2N5O/c1-16-13-19(6-10-25(16)35-12-4-5-21(35)8-11-26(31)37)24-15-32-27-17(2)34-36(28(27)33-24)18(3)22-9-7-20(29)14-23(22)30;1-14-10-16(5-8-22(14)34-9-3-4-23(34)25(30)36)21-13-31-24-20(12-29)33-35(26(24)32-21)15(2)18-7-6-17(27)11-19(18)28;1-15-10-17(5-8-24(15)33-9-3-4-19(33)14-35)23-13-30-25-22(12-29)32-34(26(25)31-23)16(2)20-7-6-18(27)11-21(20)28;1-15-11-18(6-9-24(15)32-10-4-5-20(32)14-34)23-13-29-25-16(2)31-33(26(25)30-23)17(3)21-8-7-19(27)12-22(21)28/h6-7,9,14-16,18,21,25H,4-5,8,10-13H2,1-3H3,(H2,31,37);5-7,11,13-15,22-23H,3-4,8-10H2,1-2H3,(H2,30,36);5-7,11,13,15-16,19,24,35H,3-4,8-10,14H2,1-2H3;6-8,12-13,15,17,20,24,34H,4-5,9-11,14H2,1-3H3. The molecule has 0 radical (unpaired) electrons. The van der Waals surface area contributed by atoms with Crippen molar-refractivity contribution < 1.29 is 19.8 Å². The molecule has 0 saturated carbocycles. The van der Waals surface area contributed by atoms with Gasteiger partial charge in [0.15, 0.2) is 34.0 Å². The zero-order valence-corrected chi connectivity index (χ0v) is 87.5. The van der Waals surface area contributed by atoms with Crippen LogP contribution in [0.1, 0.15) is 263 Å². The third-order valence-electron chi connectivity index (χ3n) is 30.6. The van der Waals surface area contributed by atoms with Gasteiger partial charge in [0.05, 0.1) is 102 Å². The number of rotatable bonds is 22. The molecule has 744 valence electrons. The molecule has 4 aliphatic carbocycles. The van der Waals surface area contributed by atoms with Gasteiger partial charge in [-0.25, -0.2) is 58.6 Å². The lowest BCUT2D eigenvalue weighted by molar-refractivity contribution is -0.123. The Bertz CT molecular complexity index is 6960. The Labute approximate surface area is 867 Å². The van der Waals surface area contributed by atoms with Crippen LogP contribution in [-0.4, -0.2) is 208 Å². The molecule has 28 nitrogen and oxygen atoms in total. The molecule has 4 fully saturated rings. The number of primary amides is 2. The maximum absolute atomic E-state index is 11.9. The minimum atomic E-state index is -0.284. The summed E-state index contributed by atoms with van der Waals surface area (Å²) in [7, 11) is 0. The molecular weight excluding hydrogens is 1960 g/mol. The molecule has 36 heteroatoms. The fourth-order valence-corrected chi connectivity index (χ4v) is 25.2. The van der Waals surface area contributed by atoms with E-state index in [0.29, 0.717) is 123 Å². The Morgan fingerprint density at radius 1 is 0.408 bits per heavy atom. The molecule has 4 saturated heterocycles. The zero-order chi connectivity index (χ0) is 100. The predicted molar refractivity (Wildman–Crippen MR) is 563 cm³/mol. The number of aliphatic hydroxyl groups excluding tert-OH is 2. The fraction of sp³-hybridized carbons (Fsp3) is 0.472. The van der Waals surface area contributed by atoms with Crippen LogP contribution in [0.15, 0.2) is 122 Å². The molecule has 142 heavy (non-hydrogen) atoms. The zero-order valence-electron chi connectivity index (χ0n) is 81.5. The molecule has 20 rings (SSSR count). The molecule has 2 amide bonds. The number of amides is 2. The number of allylic oxidation sites excluding steroid dienone is 4. The molecule has 0 bridgehead atoms. The highest BCUT2D eigenvalue weighted by atomic mass is 35.5. The van der Waals surface area contributed by atoms with Crippen molar-refractivity contribution in [3.05, 3.63) is 230 Å². The van der Waals surface area contributed by atoms with Gasteiger partial charge in [-0.2, -0.15) is 30.9 Å². The van der Waals surface area contributed by atoms with Crippen LogP contribution < -0.4 is 11.5 Å². The predicted octanol–water partition coefficient (Wildman–Crippen LogP) is 21.7. The highest BCUT2D eigenvalue weighted by Crippen LogP contribution is 2.45. The van der Waals surface area contributed by atoms with Gasteiger partial charge in [0, 0.05) is 88.9 Å². The fourth-order valence-electron chi connectivity index (χ4n) is 23.0. The van der Waals surface area contributed by atoms with E-state index in [9.17, 15) is 30.3 Å². The first-order chi connectivity index (χ1) is 68.3. The number of likely N-dealkylation sites (tertiary alicyclic amines) is 4. The van der Waals surface area contributed by atoms with E-state index in [2.05, 4.69) is 118 Å². The summed E-state index contributed by atoms with van der Waals surface area (Å²) >= 11 is 50.3. The van der Waals surface area contributed by atoms with Crippen LogP contribution in [-0.2, 0) is 9.59 Å². The first kappa shape index (κ1) is 103. The number of carbonyl (C=O) groups excluding carboxylic acids is 2. The first-order valence-corrected chi connectivity index (χ1v) is 52.5. The molecule has 4 aromatic carbocycles. The Morgan fingerprint density at radius 3 is 0.986 bits per heavy atom. The molecule has 12 heterocycles. The number of halogens is 8. The number of nitriles is 2. The van der Waals surface area contributed by atoms with Crippen molar-refractivity contribution in [3.63, 3.8) is 0 Å². The van der Waals surface area contributed by atoms with Crippen molar-refractivity contribution in [2.75, 3.05) is 39.4 Å². The van der Waals surface area contributed by atoms with Crippen molar-refractivity contribution in [3.8, 4) is 12.1 Å². The lowest BCUT2D eigenvalue weighted by atomic mass is 9.83. The van der Waals surface area contributed by atoms with Crippen LogP contribution in [0.5, 0.6) is 0 Å². The smallest absolute Gasteiger partial charge is 0.234 e. The summed E-state index contributed by atoms with van der Waals surface area (Å²) in [5.74, 6) is 1.29. The highest BCUT2D eigenvalue weighted by molar-refractivity contribution is 6.37. The number of aromatic nitrogens is 16. The Kier molecular flexibility index (Phi) is 32.7. The van der Waals surface area contributed by atoms with E-state index < -0.39 is 0 Å². The number of aliphatic hydroxyl groups is 2. The number of nitrogens with two attached hydrogens (primary N) is 2. The maximum Gasteiger partial charge on any atom is 0.234 e. The third kappa shape index (κ3) is 21.8. The van der Waals surface area contributed by atoms with E-state index in [4.69, 9.17) is 144 Å². The lowest BCUT2D eigenvalue weighted by Gasteiger charge is -2.39. The van der Waals surface area contributed by atoms with Gasteiger partial charge >= 0.3 is 0 Å². The minimum absolute atomic E-state index is 0.111. The molecule has 4 aliphatic heterocycles. The summed E-state index contributed by atoms with van der Waals surface area (Å²) in [6.07, 6.45) is 33.6. The number of hydrogen-bond donors (Lipinski definition) is 4. The molecule has 6 N–H and O–H groups in total. The Balaban J connectivity index is 0.000000130. The number of aryl methyl sites for hydroxylation is 2. The van der Waals surface area contributed by atoms with Crippen molar-refractivity contribution in [2.24, 2.45) is 35.1 Å². The van der Waals surface area contributed by atoms with E-state index in [1.165, 1.54) is 24.0 Å². The van der Waals surface area contributed by atoms with E-state index in [-0.39, 0.29) is 78.7 Å². The average Bonchev–Trinajstić information content (AvgIpc) is 1.62. The van der Waals surface area contributed by atoms with Crippen molar-refractivity contribution in [1.29, 1.82) is 10.5 Å². The van der Waals surface area contributed by atoms with Gasteiger partial charge in [0.25, 0.3) is 0 Å². The van der Waals surface area contributed by atoms with Crippen molar-refractivity contribution in [1.82, 2.24) is 98.6 Å². The minimum Gasteiger partial charge on any atom is -0.395 e. The molecule has 0 spiro atoms. The molecular formula is C106H120Cl8N24O4. The van der Waals surface area contributed by atoms with Gasteiger partial charge in [-0.1, -0.05) is 169 Å². The normalized spacial score (nSPS) is 23.8. The largest absolute Gasteiger partial charge is 0.395 e. The Hall–Kier alpha value is -9.96. The Morgan fingerprint density at radius 2 is 0.690 bits per heavy atom. The van der Waals surface area contributed by atoms with Crippen LogP contribution in [0.3, 0.4) is 0 Å². The average molecular weight is 2080 g/mol. The lowest BCUT2D eigenvalue weighted by Crippen LogP contribution is -2.48. The summed E-state index contributed by atoms with van der Waals surface area (Å²) in [6.45, 7) is 25.7. The number of nitrogens with zero attached hydrogens (tertiary/aromatic N) is 22. The van der Waals surface area contributed by atoms with Crippen LogP contribution >= 0.6 is 92.8 Å².